The van der Waals surface area contributed by atoms with Crippen molar-refractivity contribution in [1.82, 2.24) is 0 Å². The molecule has 5 aromatic carbocycles. The normalized spacial score (nSPS) is 11.0. The molecule has 4 nitrogen and oxygen atoms in total. The van der Waals surface area contributed by atoms with E-state index in [2.05, 4.69) is 0 Å². The van der Waals surface area contributed by atoms with E-state index in [4.69, 9.17) is 4.74 Å². The number of benzene rings is 5. The highest BCUT2D eigenvalue weighted by atomic mass is 16.5. The zero-order valence-corrected chi connectivity index (χ0v) is 19.3. The smallest absolute Gasteiger partial charge is 0.336 e. The van der Waals surface area contributed by atoms with Crippen LogP contribution in [0.2, 0.25) is 0 Å². The van der Waals surface area contributed by atoms with Crippen LogP contribution in [0.1, 0.15) is 15.9 Å². The Kier molecular flexibility index (Phi) is 6.41. The summed E-state index contributed by atoms with van der Waals surface area (Å²) in [5.41, 5.74) is 4.23. The van der Waals surface area contributed by atoms with Crippen LogP contribution in [-0.4, -0.2) is 17.0 Å². The maximum absolute atomic E-state index is 12.7. The quantitative estimate of drug-likeness (QED) is 0.159. The molecule has 0 amide bonds. The van der Waals surface area contributed by atoms with Gasteiger partial charge in [0.15, 0.2) is 0 Å². The fourth-order valence-electron chi connectivity index (χ4n) is 4.34. The number of carbonyl (C=O) groups excluding carboxylic acids is 1. The molecule has 0 heterocycles. The van der Waals surface area contributed by atoms with Crippen molar-refractivity contribution in [3.8, 4) is 28.0 Å². The van der Waals surface area contributed by atoms with Crippen molar-refractivity contribution in [2.24, 2.45) is 0 Å². The first-order chi connectivity index (χ1) is 17.6. The molecule has 36 heavy (non-hydrogen) atoms. The van der Waals surface area contributed by atoms with Gasteiger partial charge >= 0.3 is 11.9 Å². The van der Waals surface area contributed by atoms with Crippen molar-refractivity contribution in [1.29, 1.82) is 0 Å². The lowest BCUT2D eigenvalue weighted by atomic mass is 9.89. The van der Waals surface area contributed by atoms with E-state index in [0.717, 1.165) is 33.0 Å². The fourth-order valence-corrected chi connectivity index (χ4v) is 4.34. The molecule has 1 N–H and O–H groups in total. The number of carbonyl (C=O) groups is 2. The standard InChI is InChI=1S/C32H22O4/c33-30(21-20-22-10-2-1-3-11-22)36-29-19-9-13-23-12-8-18-27(31(23)29)25-15-5-4-14-24(25)26-16-6-7-17-28(26)32(34)35/h1-21H,(H,34,35)/b21-20+. The lowest BCUT2D eigenvalue weighted by Crippen LogP contribution is -2.04. The summed E-state index contributed by atoms with van der Waals surface area (Å²) in [6.45, 7) is 0. The van der Waals surface area contributed by atoms with Gasteiger partial charge in [-0.15, -0.1) is 0 Å². The van der Waals surface area contributed by atoms with Crippen LogP contribution in [0.15, 0.2) is 121 Å². The summed E-state index contributed by atoms with van der Waals surface area (Å²) in [5, 5.41) is 11.5. The van der Waals surface area contributed by atoms with Gasteiger partial charge in [-0.25, -0.2) is 9.59 Å². The van der Waals surface area contributed by atoms with Crippen LogP contribution in [0.25, 0.3) is 39.1 Å². The summed E-state index contributed by atoms with van der Waals surface area (Å²) in [4.78, 5) is 24.6. The van der Waals surface area contributed by atoms with E-state index in [1.165, 1.54) is 6.08 Å². The average Bonchev–Trinajstić information content (AvgIpc) is 2.92. The second-order valence-electron chi connectivity index (χ2n) is 8.22. The first kappa shape index (κ1) is 22.8. The molecule has 0 bridgehead atoms. The van der Waals surface area contributed by atoms with Gasteiger partial charge in [-0.2, -0.15) is 0 Å². The maximum Gasteiger partial charge on any atom is 0.336 e. The highest BCUT2D eigenvalue weighted by Crippen LogP contribution is 2.40. The highest BCUT2D eigenvalue weighted by Gasteiger charge is 2.18. The molecule has 5 rings (SSSR count). The summed E-state index contributed by atoms with van der Waals surface area (Å²) in [6, 6.07) is 35.6. The van der Waals surface area contributed by atoms with Crippen LogP contribution >= 0.6 is 0 Å². The summed E-state index contributed by atoms with van der Waals surface area (Å²) >= 11 is 0. The number of hydrogen-bond acceptors (Lipinski definition) is 3. The number of ether oxygens (including phenoxy) is 1. The number of carboxylic acid groups (broad SMARTS) is 1. The number of aromatic carboxylic acids is 1. The van der Waals surface area contributed by atoms with Crippen LogP contribution < -0.4 is 4.74 Å². The third-order valence-electron chi connectivity index (χ3n) is 5.95. The number of rotatable bonds is 6. The Hall–Kier alpha value is -4.96. The van der Waals surface area contributed by atoms with E-state index in [9.17, 15) is 14.7 Å². The van der Waals surface area contributed by atoms with Crippen LogP contribution in [0.3, 0.4) is 0 Å². The molecule has 0 spiro atoms. The first-order valence-electron chi connectivity index (χ1n) is 11.5. The predicted octanol–water partition coefficient (Wildman–Crippen LogP) is 7.49. The molecular formula is C32H22O4. The summed E-state index contributed by atoms with van der Waals surface area (Å²) in [7, 11) is 0. The second-order valence-corrected chi connectivity index (χ2v) is 8.22. The Morgan fingerprint density at radius 3 is 1.92 bits per heavy atom. The molecule has 0 aliphatic rings. The van der Waals surface area contributed by atoms with Crippen molar-refractivity contribution in [2.45, 2.75) is 0 Å². The zero-order chi connectivity index (χ0) is 24.9. The summed E-state index contributed by atoms with van der Waals surface area (Å²) in [6.07, 6.45) is 3.13. The van der Waals surface area contributed by atoms with Gasteiger partial charge < -0.3 is 9.84 Å². The molecule has 0 unspecified atom stereocenters. The molecule has 0 atom stereocenters. The van der Waals surface area contributed by atoms with Crippen molar-refractivity contribution in [3.63, 3.8) is 0 Å². The number of carboxylic acids is 1. The number of esters is 1. The Morgan fingerprint density at radius 2 is 1.19 bits per heavy atom. The van der Waals surface area contributed by atoms with Crippen molar-refractivity contribution in [3.05, 3.63) is 132 Å². The zero-order valence-electron chi connectivity index (χ0n) is 19.3. The van der Waals surface area contributed by atoms with E-state index in [1.54, 1.807) is 24.3 Å². The van der Waals surface area contributed by atoms with E-state index < -0.39 is 11.9 Å². The van der Waals surface area contributed by atoms with E-state index in [0.29, 0.717) is 11.3 Å². The fraction of sp³-hybridized carbons (Fsp3) is 0. The molecule has 0 aliphatic heterocycles. The van der Waals surface area contributed by atoms with Crippen molar-refractivity contribution >= 4 is 28.8 Å². The van der Waals surface area contributed by atoms with Gasteiger partial charge in [0.25, 0.3) is 0 Å². The van der Waals surface area contributed by atoms with Gasteiger partial charge in [-0.3, -0.25) is 0 Å². The Labute approximate surface area is 208 Å². The molecule has 5 aromatic rings. The minimum atomic E-state index is -0.988. The summed E-state index contributed by atoms with van der Waals surface area (Å²) in [5.74, 6) is -1.03. The van der Waals surface area contributed by atoms with Gasteiger partial charge in [0.1, 0.15) is 5.75 Å². The third-order valence-corrected chi connectivity index (χ3v) is 5.95. The lowest BCUT2D eigenvalue weighted by molar-refractivity contribution is -0.128. The molecule has 0 aromatic heterocycles. The van der Waals surface area contributed by atoms with Gasteiger partial charge in [-0.1, -0.05) is 103 Å². The lowest BCUT2D eigenvalue weighted by Gasteiger charge is -2.16. The minimum absolute atomic E-state index is 0.225. The third kappa shape index (κ3) is 4.65. The van der Waals surface area contributed by atoms with Crippen LogP contribution in [-0.2, 0) is 4.79 Å². The SMILES string of the molecule is O=C(/C=C/c1ccccc1)Oc1cccc2cccc(-c3ccccc3-c3ccccc3C(=O)O)c12. The molecule has 0 aliphatic carbocycles. The van der Waals surface area contributed by atoms with Crippen molar-refractivity contribution in [2.75, 3.05) is 0 Å². The predicted molar refractivity (Wildman–Crippen MR) is 143 cm³/mol. The Bertz CT molecular complexity index is 1590. The molecule has 174 valence electrons. The maximum atomic E-state index is 12.7. The summed E-state index contributed by atoms with van der Waals surface area (Å²) < 4.78 is 5.80. The minimum Gasteiger partial charge on any atom is -0.478 e. The van der Waals surface area contributed by atoms with Gasteiger partial charge in [0, 0.05) is 11.5 Å². The van der Waals surface area contributed by atoms with Gasteiger partial charge in [-0.05, 0) is 51.4 Å². The number of hydrogen-bond donors (Lipinski definition) is 1. The van der Waals surface area contributed by atoms with E-state index in [-0.39, 0.29) is 5.56 Å². The Balaban J connectivity index is 1.61. The molecule has 0 fully saturated rings. The monoisotopic (exact) mass is 470 g/mol. The Morgan fingerprint density at radius 1 is 0.611 bits per heavy atom. The van der Waals surface area contributed by atoms with E-state index in [1.807, 2.05) is 97.1 Å². The topological polar surface area (TPSA) is 63.6 Å². The molecule has 4 heteroatoms. The van der Waals surface area contributed by atoms with Crippen LogP contribution in [0.4, 0.5) is 0 Å². The van der Waals surface area contributed by atoms with Crippen LogP contribution in [0, 0.1) is 0 Å². The van der Waals surface area contributed by atoms with Gasteiger partial charge in [0.2, 0.25) is 0 Å². The molecule has 0 radical (unpaired) electrons. The largest absolute Gasteiger partial charge is 0.478 e. The average molecular weight is 471 g/mol. The second kappa shape index (κ2) is 10.1. The van der Waals surface area contributed by atoms with Crippen molar-refractivity contribution < 1.29 is 19.4 Å². The number of fused-ring (bicyclic) bond motifs is 1. The molecular weight excluding hydrogens is 448 g/mol. The van der Waals surface area contributed by atoms with E-state index >= 15 is 0 Å². The first-order valence-corrected chi connectivity index (χ1v) is 11.5. The molecule has 0 saturated heterocycles. The van der Waals surface area contributed by atoms with Gasteiger partial charge in [0.05, 0.1) is 5.56 Å². The molecule has 0 saturated carbocycles. The highest BCUT2D eigenvalue weighted by molar-refractivity contribution is 6.06. The van der Waals surface area contributed by atoms with Crippen LogP contribution in [0.5, 0.6) is 5.75 Å².